The Hall–Kier alpha value is -3.44. The Morgan fingerprint density at radius 1 is 1.29 bits per heavy atom. The molecule has 0 bridgehead atoms. The van der Waals surface area contributed by atoms with Crippen LogP contribution in [0.1, 0.15) is 29.4 Å². The van der Waals surface area contributed by atoms with Crippen LogP contribution < -0.4 is 0 Å². The van der Waals surface area contributed by atoms with Crippen molar-refractivity contribution in [3.05, 3.63) is 46.8 Å². The predicted molar refractivity (Wildman–Crippen MR) is 103 cm³/mol. The van der Waals surface area contributed by atoms with Crippen LogP contribution in [0.3, 0.4) is 0 Å². The number of carbonyl (C=O) groups excluding carboxylic acids is 1. The topological polar surface area (TPSA) is 104 Å². The molecule has 1 fully saturated rings. The van der Waals surface area contributed by atoms with E-state index in [2.05, 4.69) is 15.4 Å². The summed E-state index contributed by atoms with van der Waals surface area (Å²) in [7, 11) is 0. The van der Waals surface area contributed by atoms with Gasteiger partial charge in [-0.1, -0.05) is 6.07 Å². The van der Waals surface area contributed by atoms with Gasteiger partial charge < -0.3 is 14.9 Å². The molecule has 0 saturated carbocycles. The highest BCUT2D eigenvalue weighted by atomic mass is 19.4. The van der Waals surface area contributed by atoms with Gasteiger partial charge in [0.05, 0.1) is 12.1 Å². The molecule has 1 aromatic heterocycles. The van der Waals surface area contributed by atoms with Gasteiger partial charge >= 0.3 is 12.3 Å². The number of carbonyl (C=O) groups is 2. The number of aromatic nitrogens is 4. The molecule has 1 aliphatic rings. The summed E-state index contributed by atoms with van der Waals surface area (Å²) in [5.74, 6) is 0.0341. The van der Waals surface area contributed by atoms with Crippen molar-refractivity contribution in [2.45, 2.75) is 32.6 Å². The van der Waals surface area contributed by atoms with E-state index in [1.54, 1.807) is 13.8 Å². The van der Waals surface area contributed by atoms with Gasteiger partial charge in [0.15, 0.2) is 5.82 Å². The zero-order chi connectivity index (χ0) is 22.8. The zero-order valence-electron chi connectivity index (χ0n) is 16.9. The average Bonchev–Trinajstić information content (AvgIpc) is 3.10. The first-order valence-electron chi connectivity index (χ1n) is 9.45. The van der Waals surface area contributed by atoms with Crippen LogP contribution in [-0.2, 0) is 17.5 Å². The lowest BCUT2D eigenvalue weighted by Gasteiger charge is -2.38. The Balaban J connectivity index is 1.81. The van der Waals surface area contributed by atoms with Gasteiger partial charge in [-0.15, -0.1) is 10.2 Å². The van der Waals surface area contributed by atoms with E-state index in [-0.39, 0.29) is 43.7 Å². The summed E-state index contributed by atoms with van der Waals surface area (Å²) in [4.78, 5) is 27.6. The molecule has 1 atom stereocenters. The molecule has 3 rings (SSSR count). The van der Waals surface area contributed by atoms with Crippen molar-refractivity contribution in [3.8, 4) is 0 Å². The molecule has 31 heavy (non-hydrogen) atoms. The molecule has 1 unspecified atom stereocenters. The number of piperazine rings is 1. The number of amides is 2. The number of hydrogen-bond acceptors (Lipinski definition) is 5. The lowest BCUT2D eigenvalue weighted by Crippen LogP contribution is -2.54. The van der Waals surface area contributed by atoms with Gasteiger partial charge in [0.2, 0.25) is 5.91 Å². The number of rotatable bonds is 4. The van der Waals surface area contributed by atoms with Gasteiger partial charge in [0.1, 0.15) is 0 Å². The quantitative estimate of drug-likeness (QED) is 0.735. The van der Waals surface area contributed by atoms with E-state index >= 15 is 0 Å². The SMILES string of the molecule is Cc1nnn(Cc2cc(C(F)(F)F)ccc2C=CC(=O)N2CCN(C(=O)O)CC2C)n1. The molecule has 0 aliphatic carbocycles. The van der Waals surface area contributed by atoms with Crippen molar-refractivity contribution in [2.75, 3.05) is 19.6 Å². The maximum atomic E-state index is 13.2. The lowest BCUT2D eigenvalue weighted by molar-refractivity contribution is -0.137. The summed E-state index contributed by atoms with van der Waals surface area (Å²) in [6, 6.07) is 2.91. The van der Waals surface area contributed by atoms with Crippen LogP contribution >= 0.6 is 0 Å². The first kappa shape index (κ1) is 22.2. The highest BCUT2D eigenvalue weighted by Crippen LogP contribution is 2.31. The summed E-state index contributed by atoms with van der Waals surface area (Å²) >= 11 is 0. The number of carboxylic acid groups (broad SMARTS) is 1. The Labute approximate surface area is 175 Å². The molecule has 12 heteroatoms. The van der Waals surface area contributed by atoms with Crippen LogP contribution in [0, 0.1) is 6.92 Å². The fourth-order valence-corrected chi connectivity index (χ4v) is 3.34. The van der Waals surface area contributed by atoms with E-state index in [1.165, 1.54) is 32.8 Å². The van der Waals surface area contributed by atoms with Crippen molar-refractivity contribution in [1.29, 1.82) is 0 Å². The summed E-state index contributed by atoms with van der Waals surface area (Å²) in [5, 5.41) is 20.6. The van der Waals surface area contributed by atoms with Gasteiger partial charge in [-0.05, 0) is 48.4 Å². The molecular formula is C19H21F3N6O3. The fourth-order valence-electron chi connectivity index (χ4n) is 3.34. The summed E-state index contributed by atoms with van der Waals surface area (Å²) in [6.45, 7) is 3.92. The minimum atomic E-state index is -4.52. The van der Waals surface area contributed by atoms with Gasteiger partial charge in [0.25, 0.3) is 0 Å². The third-order valence-electron chi connectivity index (χ3n) is 4.92. The van der Waals surface area contributed by atoms with Crippen LogP contribution in [-0.4, -0.2) is 72.8 Å². The van der Waals surface area contributed by atoms with E-state index in [9.17, 15) is 22.8 Å². The van der Waals surface area contributed by atoms with Crippen LogP contribution in [0.4, 0.5) is 18.0 Å². The normalized spacial score (nSPS) is 17.4. The molecule has 1 aliphatic heterocycles. The Morgan fingerprint density at radius 3 is 2.61 bits per heavy atom. The number of nitrogens with zero attached hydrogens (tertiary/aromatic N) is 6. The molecule has 1 saturated heterocycles. The number of aryl methyl sites for hydroxylation is 1. The van der Waals surface area contributed by atoms with Gasteiger partial charge in [0, 0.05) is 31.8 Å². The van der Waals surface area contributed by atoms with Gasteiger partial charge in [-0.2, -0.15) is 18.0 Å². The largest absolute Gasteiger partial charge is 0.465 e. The summed E-state index contributed by atoms with van der Waals surface area (Å²) < 4.78 is 39.5. The van der Waals surface area contributed by atoms with Crippen molar-refractivity contribution in [2.24, 2.45) is 0 Å². The molecule has 0 radical (unpaired) electrons. The molecular weight excluding hydrogens is 417 g/mol. The zero-order valence-corrected chi connectivity index (χ0v) is 16.9. The highest BCUT2D eigenvalue weighted by molar-refractivity contribution is 5.92. The summed E-state index contributed by atoms with van der Waals surface area (Å²) in [5.41, 5.74) is -0.130. The standard InChI is InChI=1S/C19H21F3N6O3/c1-12-10-26(18(30)31)7-8-27(12)17(29)6-4-14-3-5-16(19(20,21)22)9-15(14)11-28-24-13(2)23-25-28/h3-6,9,12H,7-8,10-11H2,1-2H3,(H,30,31). The van der Waals surface area contributed by atoms with Crippen molar-refractivity contribution in [1.82, 2.24) is 30.0 Å². The molecule has 2 heterocycles. The second kappa shape index (κ2) is 8.74. The van der Waals surface area contributed by atoms with E-state index in [0.717, 1.165) is 12.1 Å². The van der Waals surface area contributed by atoms with E-state index in [4.69, 9.17) is 5.11 Å². The third kappa shape index (κ3) is 5.38. The maximum Gasteiger partial charge on any atom is 0.416 e. The van der Waals surface area contributed by atoms with E-state index in [0.29, 0.717) is 11.4 Å². The molecule has 9 nitrogen and oxygen atoms in total. The second-order valence-corrected chi connectivity index (χ2v) is 7.22. The monoisotopic (exact) mass is 438 g/mol. The first-order valence-corrected chi connectivity index (χ1v) is 9.45. The van der Waals surface area contributed by atoms with Crippen LogP contribution in [0.25, 0.3) is 6.08 Å². The second-order valence-electron chi connectivity index (χ2n) is 7.22. The number of benzene rings is 1. The molecule has 0 spiro atoms. The molecule has 1 N–H and O–H groups in total. The fraction of sp³-hybridized carbons (Fsp3) is 0.421. The smallest absolute Gasteiger partial charge is 0.416 e. The van der Waals surface area contributed by atoms with Crippen LogP contribution in [0.2, 0.25) is 0 Å². The summed E-state index contributed by atoms with van der Waals surface area (Å²) in [6.07, 6.45) is -2.84. The van der Waals surface area contributed by atoms with Crippen molar-refractivity contribution < 1.29 is 27.9 Å². The van der Waals surface area contributed by atoms with Gasteiger partial charge in [-0.3, -0.25) is 4.79 Å². The Kier molecular flexibility index (Phi) is 6.27. The number of alkyl halides is 3. The van der Waals surface area contributed by atoms with Crippen LogP contribution in [0.5, 0.6) is 0 Å². The minimum Gasteiger partial charge on any atom is -0.465 e. The predicted octanol–water partition coefficient (Wildman–Crippen LogP) is 2.27. The first-order chi connectivity index (χ1) is 14.5. The minimum absolute atomic E-state index is 0.0493. The van der Waals surface area contributed by atoms with Crippen LogP contribution in [0.15, 0.2) is 24.3 Å². The molecule has 2 amide bonds. The molecule has 2 aromatic rings. The Bertz CT molecular complexity index is 1000. The lowest BCUT2D eigenvalue weighted by atomic mass is 10.0. The van der Waals surface area contributed by atoms with E-state index in [1.807, 2.05) is 0 Å². The maximum absolute atomic E-state index is 13.2. The number of tetrazole rings is 1. The number of halogens is 3. The molecule has 166 valence electrons. The van der Waals surface area contributed by atoms with Crippen molar-refractivity contribution in [3.63, 3.8) is 0 Å². The molecule has 1 aromatic carbocycles. The average molecular weight is 438 g/mol. The van der Waals surface area contributed by atoms with Gasteiger partial charge in [-0.25, -0.2) is 4.79 Å². The third-order valence-corrected chi connectivity index (χ3v) is 4.92. The Morgan fingerprint density at radius 2 is 2.03 bits per heavy atom. The van der Waals surface area contributed by atoms with Crippen molar-refractivity contribution >= 4 is 18.1 Å². The highest BCUT2D eigenvalue weighted by Gasteiger charge is 2.31. The number of hydrogen-bond donors (Lipinski definition) is 1. The van der Waals surface area contributed by atoms with E-state index < -0.39 is 17.8 Å².